The summed E-state index contributed by atoms with van der Waals surface area (Å²) in [5.74, 6) is 0.918. The van der Waals surface area contributed by atoms with Gasteiger partial charge in [0.15, 0.2) is 6.61 Å². The number of hydrogen-bond acceptors (Lipinski definition) is 4. The van der Waals surface area contributed by atoms with Gasteiger partial charge in [0.2, 0.25) is 5.91 Å². The molecule has 4 aliphatic rings. The molecule has 168 valence electrons. The third kappa shape index (κ3) is 4.78. The van der Waals surface area contributed by atoms with E-state index in [1.165, 1.54) is 19.3 Å². The summed E-state index contributed by atoms with van der Waals surface area (Å²) >= 11 is 0. The summed E-state index contributed by atoms with van der Waals surface area (Å²) in [6.07, 6.45) is 6.63. The van der Waals surface area contributed by atoms with Gasteiger partial charge >= 0.3 is 5.97 Å². The lowest BCUT2D eigenvalue weighted by Crippen LogP contribution is -2.57. The van der Waals surface area contributed by atoms with E-state index in [1.54, 1.807) is 12.1 Å². The van der Waals surface area contributed by atoms with E-state index in [1.807, 2.05) is 32.9 Å². The normalized spacial score (nSPS) is 29.5. The molecular weight excluding hydrogens is 392 g/mol. The fourth-order valence-corrected chi connectivity index (χ4v) is 6.24. The quantitative estimate of drug-likeness (QED) is 0.649. The fraction of sp³-hybridized carbons (Fsp3) is 0.640. The van der Waals surface area contributed by atoms with Crippen LogP contribution in [-0.2, 0) is 19.1 Å². The van der Waals surface area contributed by atoms with Gasteiger partial charge in [-0.25, -0.2) is 4.79 Å². The number of hydrogen-bond donors (Lipinski definition) is 2. The predicted octanol–water partition coefficient (Wildman–Crippen LogP) is 3.83. The Morgan fingerprint density at radius 1 is 1.00 bits per heavy atom. The topological polar surface area (TPSA) is 84.5 Å². The van der Waals surface area contributed by atoms with Crippen molar-refractivity contribution in [2.24, 2.45) is 29.1 Å². The van der Waals surface area contributed by atoms with E-state index in [0.717, 1.165) is 24.8 Å². The van der Waals surface area contributed by atoms with Crippen LogP contribution in [0.5, 0.6) is 0 Å². The van der Waals surface area contributed by atoms with E-state index < -0.39 is 17.9 Å². The zero-order valence-electron chi connectivity index (χ0n) is 18.8. The van der Waals surface area contributed by atoms with E-state index in [9.17, 15) is 14.4 Å². The van der Waals surface area contributed by atoms with Crippen LogP contribution in [0.25, 0.3) is 0 Å². The first kappa shape index (κ1) is 21.8. The molecule has 2 amide bonds. The summed E-state index contributed by atoms with van der Waals surface area (Å²) < 4.78 is 5.28. The highest BCUT2D eigenvalue weighted by atomic mass is 16.5. The first-order valence-corrected chi connectivity index (χ1v) is 11.6. The van der Waals surface area contributed by atoms with Crippen molar-refractivity contribution in [1.29, 1.82) is 0 Å². The van der Waals surface area contributed by atoms with Crippen LogP contribution >= 0.6 is 0 Å². The number of amides is 2. The lowest BCUT2D eigenvalue weighted by molar-refractivity contribution is -0.156. The van der Waals surface area contributed by atoms with Crippen LogP contribution < -0.4 is 10.6 Å². The second-order valence-electron chi connectivity index (χ2n) is 10.4. The highest BCUT2D eigenvalue weighted by molar-refractivity contribution is 5.94. The van der Waals surface area contributed by atoms with Gasteiger partial charge < -0.3 is 15.4 Å². The van der Waals surface area contributed by atoms with Crippen molar-refractivity contribution in [3.05, 3.63) is 29.8 Å². The van der Waals surface area contributed by atoms with Crippen LogP contribution in [-0.4, -0.2) is 30.4 Å². The van der Waals surface area contributed by atoms with E-state index >= 15 is 0 Å². The van der Waals surface area contributed by atoms with Crippen LogP contribution in [0, 0.1) is 36.0 Å². The maximum absolute atomic E-state index is 13.3. The molecule has 0 unspecified atom stereocenters. The number of carbonyl (C=O) groups is 3. The average molecular weight is 427 g/mol. The van der Waals surface area contributed by atoms with E-state index in [0.29, 0.717) is 23.4 Å². The lowest BCUT2D eigenvalue weighted by atomic mass is 9.49. The van der Waals surface area contributed by atoms with E-state index in [4.69, 9.17) is 4.74 Å². The van der Waals surface area contributed by atoms with Gasteiger partial charge in [0.05, 0.1) is 0 Å². The zero-order chi connectivity index (χ0) is 22.2. The van der Waals surface area contributed by atoms with Crippen molar-refractivity contribution in [2.75, 3.05) is 11.9 Å². The van der Waals surface area contributed by atoms with Gasteiger partial charge in [0, 0.05) is 11.1 Å². The summed E-state index contributed by atoms with van der Waals surface area (Å²) in [7, 11) is 0. The minimum absolute atomic E-state index is 0.00589. The average Bonchev–Trinajstić information content (AvgIpc) is 2.70. The molecule has 4 saturated carbocycles. The molecule has 0 radical (unpaired) electrons. The van der Waals surface area contributed by atoms with Gasteiger partial charge in [-0.05, 0) is 81.3 Å². The first-order chi connectivity index (χ1) is 14.7. The molecule has 1 atom stereocenters. The van der Waals surface area contributed by atoms with E-state index in [2.05, 4.69) is 10.6 Å². The lowest BCUT2D eigenvalue weighted by Gasteiger charge is -2.55. The van der Waals surface area contributed by atoms with E-state index in [-0.39, 0.29) is 23.8 Å². The molecule has 0 aliphatic heterocycles. The summed E-state index contributed by atoms with van der Waals surface area (Å²) in [5, 5.41) is 5.73. The Bertz CT molecular complexity index is 810. The van der Waals surface area contributed by atoms with Crippen LogP contribution in [0.2, 0.25) is 0 Å². The zero-order valence-corrected chi connectivity index (χ0v) is 18.8. The van der Waals surface area contributed by atoms with Gasteiger partial charge in [-0.3, -0.25) is 9.59 Å². The number of aryl methyl sites for hydroxylation is 1. The van der Waals surface area contributed by atoms with Crippen molar-refractivity contribution in [1.82, 2.24) is 5.32 Å². The monoisotopic (exact) mass is 426 g/mol. The second kappa shape index (κ2) is 8.64. The summed E-state index contributed by atoms with van der Waals surface area (Å²) in [6.45, 7) is 5.37. The number of esters is 1. The smallest absolute Gasteiger partial charge is 0.329 e. The first-order valence-electron chi connectivity index (χ1n) is 11.6. The summed E-state index contributed by atoms with van der Waals surface area (Å²) in [5.41, 5.74) is 1.44. The number of anilines is 1. The molecule has 0 aromatic heterocycles. The van der Waals surface area contributed by atoms with Gasteiger partial charge in [-0.15, -0.1) is 0 Å². The molecule has 1 aromatic carbocycles. The van der Waals surface area contributed by atoms with Crippen molar-refractivity contribution in [3.8, 4) is 0 Å². The number of rotatable bonds is 7. The molecule has 2 N–H and O–H groups in total. The molecule has 4 fully saturated rings. The molecule has 5 rings (SSSR count). The van der Waals surface area contributed by atoms with Gasteiger partial charge in [-0.2, -0.15) is 0 Å². The molecule has 0 saturated heterocycles. The van der Waals surface area contributed by atoms with Crippen LogP contribution in [0.1, 0.15) is 57.9 Å². The molecular formula is C25H34N2O4. The number of nitrogens with one attached hydrogen (secondary N) is 2. The Morgan fingerprint density at radius 3 is 2.06 bits per heavy atom. The van der Waals surface area contributed by atoms with Crippen molar-refractivity contribution in [2.45, 2.75) is 65.3 Å². The summed E-state index contributed by atoms with van der Waals surface area (Å²) in [6, 6.07) is 6.66. The third-order valence-electron chi connectivity index (χ3n) is 7.41. The van der Waals surface area contributed by atoms with Gasteiger partial charge in [0.25, 0.3) is 5.91 Å². The molecule has 1 aromatic rings. The van der Waals surface area contributed by atoms with Gasteiger partial charge in [-0.1, -0.05) is 31.5 Å². The Labute approximate surface area is 184 Å². The number of carbonyl (C=O) groups excluding carboxylic acids is 3. The molecule has 4 aliphatic carbocycles. The van der Waals surface area contributed by atoms with Crippen molar-refractivity contribution >= 4 is 23.5 Å². The van der Waals surface area contributed by atoms with Crippen LogP contribution in [0.15, 0.2) is 24.3 Å². The molecule has 4 bridgehead atoms. The standard InChI is InChI=1S/C25H34N2O4/c1-15(2)22(23(29)31-14-21(28)26-20-6-4-16(3)5-7-20)27-24(30)25-11-17-8-18(12-25)10-19(9-17)13-25/h4-7,15,17-19,22H,8-14H2,1-3H3,(H,26,28)(H,27,30)/t17?,18?,19?,22-,25?/m0/s1. The molecule has 6 nitrogen and oxygen atoms in total. The van der Waals surface area contributed by atoms with Crippen LogP contribution in [0.3, 0.4) is 0 Å². The fourth-order valence-electron chi connectivity index (χ4n) is 6.24. The minimum Gasteiger partial charge on any atom is -0.454 e. The maximum atomic E-state index is 13.3. The Morgan fingerprint density at radius 2 is 1.55 bits per heavy atom. The van der Waals surface area contributed by atoms with Gasteiger partial charge in [0.1, 0.15) is 6.04 Å². The highest BCUT2D eigenvalue weighted by Crippen LogP contribution is 2.60. The number of ether oxygens (including phenoxy) is 1. The minimum atomic E-state index is -0.743. The molecule has 31 heavy (non-hydrogen) atoms. The predicted molar refractivity (Wildman–Crippen MR) is 118 cm³/mol. The molecule has 6 heteroatoms. The Balaban J connectivity index is 1.33. The largest absolute Gasteiger partial charge is 0.454 e. The Kier molecular flexibility index (Phi) is 6.09. The molecule has 0 heterocycles. The van der Waals surface area contributed by atoms with Crippen molar-refractivity contribution < 1.29 is 19.1 Å². The highest BCUT2D eigenvalue weighted by Gasteiger charge is 2.55. The Hall–Kier alpha value is -2.37. The summed E-state index contributed by atoms with van der Waals surface area (Å²) in [4.78, 5) is 38.2. The SMILES string of the molecule is Cc1ccc(NC(=O)COC(=O)[C@@H](NC(=O)C23CC4CC(CC(C4)C2)C3)C(C)C)cc1. The third-order valence-corrected chi connectivity index (χ3v) is 7.41. The maximum Gasteiger partial charge on any atom is 0.329 e. The van der Waals surface area contributed by atoms with Crippen molar-refractivity contribution in [3.63, 3.8) is 0 Å². The van der Waals surface area contributed by atoms with Crippen LogP contribution in [0.4, 0.5) is 5.69 Å². The number of benzene rings is 1. The molecule has 0 spiro atoms. The second-order valence-corrected chi connectivity index (χ2v) is 10.4.